The maximum absolute atomic E-state index is 12.5. The van der Waals surface area contributed by atoms with Crippen molar-refractivity contribution in [3.05, 3.63) is 29.8 Å². The third-order valence-corrected chi connectivity index (χ3v) is 6.62. The first-order chi connectivity index (χ1) is 14.1. The van der Waals surface area contributed by atoms with Gasteiger partial charge in [0.1, 0.15) is 5.75 Å². The van der Waals surface area contributed by atoms with Crippen LogP contribution >= 0.6 is 0 Å². The van der Waals surface area contributed by atoms with E-state index in [1.54, 1.807) is 36.1 Å². The van der Waals surface area contributed by atoms with E-state index in [9.17, 15) is 18.0 Å². The number of nitrogens with zero attached hydrogens (tertiary/aromatic N) is 3. The molecule has 1 fully saturated rings. The molecule has 1 heterocycles. The van der Waals surface area contributed by atoms with Crippen LogP contribution in [0.15, 0.2) is 24.3 Å². The second-order valence-corrected chi connectivity index (χ2v) is 9.49. The predicted molar refractivity (Wildman–Crippen MR) is 115 cm³/mol. The zero-order chi connectivity index (χ0) is 22.3. The van der Waals surface area contributed by atoms with Gasteiger partial charge in [-0.1, -0.05) is 0 Å². The van der Waals surface area contributed by atoms with Gasteiger partial charge in [0, 0.05) is 52.4 Å². The molecule has 0 unspecified atom stereocenters. The fourth-order valence-electron chi connectivity index (χ4n) is 3.11. The zero-order valence-electron chi connectivity index (χ0n) is 18.1. The highest BCUT2D eigenvalue weighted by molar-refractivity contribution is 7.87. The Morgan fingerprint density at radius 2 is 1.73 bits per heavy atom. The van der Waals surface area contributed by atoms with Gasteiger partial charge < -0.3 is 9.64 Å². The summed E-state index contributed by atoms with van der Waals surface area (Å²) in [7, 11) is -0.802. The molecule has 0 spiro atoms. The smallest absolute Gasteiger partial charge is 0.279 e. The van der Waals surface area contributed by atoms with E-state index in [1.165, 1.54) is 21.0 Å². The lowest BCUT2D eigenvalue weighted by molar-refractivity contribution is -0.134. The fourth-order valence-corrected chi connectivity index (χ4v) is 3.87. The summed E-state index contributed by atoms with van der Waals surface area (Å²) in [5.74, 6) is 0.561. The second-order valence-electron chi connectivity index (χ2n) is 7.58. The van der Waals surface area contributed by atoms with E-state index in [0.29, 0.717) is 25.3 Å². The molecule has 168 valence electrons. The van der Waals surface area contributed by atoms with E-state index in [2.05, 4.69) is 9.62 Å². The first-order valence-electron chi connectivity index (χ1n) is 10.0. The van der Waals surface area contributed by atoms with Crippen LogP contribution in [-0.2, 0) is 15.0 Å². The van der Waals surface area contributed by atoms with Crippen molar-refractivity contribution in [3.8, 4) is 5.75 Å². The van der Waals surface area contributed by atoms with Crippen LogP contribution in [0, 0.1) is 0 Å². The van der Waals surface area contributed by atoms with Gasteiger partial charge in [-0.15, -0.1) is 0 Å². The molecule has 2 rings (SSSR count). The van der Waals surface area contributed by atoms with Crippen LogP contribution in [0.5, 0.6) is 5.75 Å². The zero-order valence-corrected chi connectivity index (χ0v) is 18.9. The first-order valence-corrected chi connectivity index (χ1v) is 11.5. The molecule has 1 aromatic carbocycles. The SMILES string of the molecule is CC(=O)c1ccc(OCCCN2CCN(C(=O)[C@@H](C)NS(=O)(=O)N(C)C)CC2)cc1. The summed E-state index contributed by atoms with van der Waals surface area (Å²) < 4.78 is 32.9. The number of hydrogen-bond donors (Lipinski definition) is 1. The van der Waals surface area contributed by atoms with Gasteiger partial charge in [-0.3, -0.25) is 14.5 Å². The van der Waals surface area contributed by atoms with Crippen LogP contribution in [0.4, 0.5) is 0 Å². The fraction of sp³-hybridized carbons (Fsp3) is 0.600. The molecule has 30 heavy (non-hydrogen) atoms. The van der Waals surface area contributed by atoms with Gasteiger partial charge in [-0.25, -0.2) is 0 Å². The molecule has 0 saturated carbocycles. The molecular formula is C20H32N4O5S. The average molecular weight is 441 g/mol. The topological polar surface area (TPSA) is 99.3 Å². The standard InChI is InChI=1S/C20H32N4O5S/c1-16(21-30(27,28)22(3)4)20(26)24-13-11-23(12-14-24)10-5-15-29-19-8-6-18(7-9-19)17(2)25/h6-9,16,21H,5,10-15H2,1-4H3/t16-/m1/s1. The molecule has 1 saturated heterocycles. The van der Waals surface area contributed by atoms with Crippen molar-refractivity contribution in [2.45, 2.75) is 26.3 Å². The maximum atomic E-state index is 12.5. The highest BCUT2D eigenvalue weighted by atomic mass is 32.2. The number of rotatable bonds is 10. The summed E-state index contributed by atoms with van der Waals surface area (Å²) in [5, 5.41) is 0. The number of ketones is 1. The Hall–Kier alpha value is -2.01. The number of carbonyl (C=O) groups is 2. The van der Waals surface area contributed by atoms with Crippen molar-refractivity contribution in [3.63, 3.8) is 0 Å². The minimum absolute atomic E-state index is 0.0312. The molecule has 0 radical (unpaired) electrons. The normalized spacial score (nSPS) is 16.5. The lowest BCUT2D eigenvalue weighted by Gasteiger charge is -2.36. The van der Waals surface area contributed by atoms with Crippen LogP contribution in [0.25, 0.3) is 0 Å². The monoisotopic (exact) mass is 440 g/mol. The number of carbonyl (C=O) groups excluding carboxylic acids is 2. The quantitative estimate of drug-likeness (QED) is 0.422. The molecule has 10 heteroatoms. The number of nitrogens with one attached hydrogen (secondary N) is 1. The van der Waals surface area contributed by atoms with Gasteiger partial charge >= 0.3 is 0 Å². The maximum Gasteiger partial charge on any atom is 0.279 e. The van der Waals surface area contributed by atoms with Crippen molar-refractivity contribution >= 4 is 21.9 Å². The summed E-state index contributed by atoms with van der Waals surface area (Å²) in [4.78, 5) is 27.8. The molecule has 0 aromatic heterocycles. The van der Waals surface area contributed by atoms with E-state index in [4.69, 9.17) is 4.74 Å². The lowest BCUT2D eigenvalue weighted by Crippen LogP contribution is -2.55. The second kappa shape index (κ2) is 10.9. The number of benzene rings is 1. The van der Waals surface area contributed by atoms with Crippen molar-refractivity contribution in [1.82, 2.24) is 18.8 Å². The van der Waals surface area contributed by atoms with Crippen molar-refractivity contribution in [1.29, 1.82) is 0 Å². The lowest BCUT2D eigenvalue weighted by atomic mass is 10.1. The van der Waals surface area contributed by atoms with Crippen LogP contribution < -0.4 is 9.46 Å². The molecule has 1 amide bonds. The molecule has 1 atom stereocenters. The van der Waals surface area contributed by atoms with Gasteiger partial charge in [0.15, 0.2) is 5.78 Å². The average Bonchev–Trinajstić information content (AvgIpc) is 2.71. The van der Waals surface area contributed by atoms with E-state index < -0.39 is 16.3 Å². The Balaban J connectivity index is 1.68. The number of ether oxygens (including phenoxy) is 1. The molecule has 9 nitrogen and oxygen atoms in total. The number of Topliss-reactive ketones (excluding diaryl/α,β-unsaturated/α-hetero) is 1. The van der Waals surface area contributed by atoms with Crippen LogP contribution in [0.1, 0.15) is 30.6 Å². The Labute approximate surface area is 179 Å². The predicted octanol–water partition coefficient (Wildman–Crippen LogP) is 0.587. The van der Waals surface area contributed by atoms with Crippen LogP contribution in [0.2, 0.25) is 0 Å². The molecule has 1 aliphatic rings. The van der Waals surface area contributed by atoms with Crippen molar-refractivity contribution in [2.24, 2.45) is 0 Å². The van der Waals surface area contributed by atoms with E-state index in [1.807, 2.05) is 0 Å². The number of hydrogen-bond acceptors (Lipinski definition) is 6. The molecule has 1 N–H and O–H groups in total. The largest absolute Gasteiger partial charge is 0.494 e. The van der Waals surface area contributed by atoms with Gasteiger partial charge in [0.25, 0.3) is 10.2 Å². The summed E-state index contributed by atoms with van der Waals surface area (Å²) >= 11 is 0. The van der Waals surface area contributed by atoms with Gasteiger partial charge in [-0.2, -0.15) is 17.4 Å². The third-order valence-electron chi connectivity index (χ3n) is 5.01. The highest BCUT2D eigenvalue weighted by Crippen LogP contribution is 2.13. The summed E-state index contributed by atoms with van der Waals surface area (Å²) in [6, 6.07) is 6.31. The van der Waals surface area contributed by atoms with E-state index in [-0.39, 0.29) is 11.7 Å². The van der Waals surface area contributed by atoms with Gasteiger partial charge in [0.2, 0.25) is 5.91 Å². The molecular weight excluding hydrogens is 408 g/mol. The van der Waals surface area contributed by atoms with Gasteiger partial charge in [0.05, 0.1) is 12.6 Å². The third kappa shape index (κ3) is 7.05. The van der Waals surface area contributed by atoms with E-state index in [0.717, 1.165) is 36.1 Å². The number of piperazine rings is 1. The Morgan fingerprint density at radius 1 is 1.13 bits per heavy atom. The van der Waals surface area contributed by atoms with Gasteiger partial charge in [-0.05, 0) is 44.5 Å². The summed E-state index contributed by atoms with van der Waals surface area (Å²) in [5.41, 5.74) is 0.665. The Morgan fingerprint density at radius 3 is 2.27 bits per heavy atom. The molecule has 0 aliphatic carbocycles. The summed E-state index contributed by atoms with van der Waals surface area (Å²) in [6.07, 6.45) is 0.849. The Bertz CT molecular complexity index is 818. The van der Waals surface area contributed by atoms with Crippen molar-refractivity contribution < 1.29 is 22.7 Å². The minimum atomic E-state index is -3.64. The Kier molecular flexibility index (Phi) is 8.78. The van der Waals surface area contributed by atoms with Crippen LogP contribution in [-0.4, -0.2) is 93.7 Å². The molecule has 0 bridgehead atoms. The number of amides is 1. The minimum Gasteiger partial charge on any atom is -0.494 e. The molecule has 1 aromatic rings. The highest BCUT2D eigenvalue weighted by Gasteiger charge is 2.28. The van der Waals surface area contributed by atoms with Crippen molar-refractivity contribution in [2.75, 3.05) is 53.4 Å². The van der Waals surface area contributed by atoms with Crippen LogP contribution in [0.3, 0.4) is 0 Å². The first kappa shape index (κ1) is 24.3. The summed E-state index contributed by atoms with van der Waals surface area (Å²) in [6.45, 7) is 7.15. The molecule has 1 aliphatic heterocycles. The van der Waals surface area contributed by atoms with E-state index >= 15 is 0 Å².